The highest BCUT2D eigenvalue weighted by Gasteiger charge is 2.44. The Morgan fingerprint density at radius 1 is 1.08 bits per heavy atom. The van der Waals surface area contributed by atoms with Crippen LogP contribution in [0.4, 0.5) is 5.95 Å². The second-order valence-electron chi connectivity index (χ2n) is 5.27. The summed E-state index contributed by atoms with van der Waals surface area (Å²) >= 11 is 0. The summed E-state index contributed by atoms with van der Waals surface area (Å²) in [6, 6.07) is 1.31. The molecule has 0 spiro atoms. The van der Waals surface area contributed by atoms with Crippen LogP contribution in [0.5, 0.6) is 11.8 Å². The standard InChI is InChI=1S/C14H21N3O7S/c1-8(2)12(13(19)24-6)25(20,21)17(9(3)18)14-15-10(22-4)7-11(16-14)23-5/h7-8,12H,1-6H3. The molecular formula is C14H21N3O7S. The molecule has 1 atom stereocenters. The normalized spacial score (nSPS) is 12.4. The Morgan fingerprint density at radius 2 is 1.56 bits per heavy atom. The molecule has 0 aliphatic heterocycles. The first kappa shape index (κ1) is 20.6. The molecule has 1 aromatic rings. The van der Waals surface area contributed by atoms with Crippen molar-refractivity contribution in [3.05, 3.63) is 6.07 Å². The van der Waals surface area contributed by atoms with E-state index in [1.807, 2.05) is 0 Å². The lowest BCUT2D eigenvalue weighted by molar-refractivity contribution is -0.140. The van der Waals surface area contributed by atoms with Crippen molar-refractivity contribution >= 4 is 27.8 Å². The molecule has 0 radical (unpaired) electrons. The van der Waals surface area contributed by atoms with Gasteiger partial charge >= 0.3 is 5.97 Å². The molecule has 1 heterocycles. The van der Waals surface area contributed by atoms with Crippen LogP contribution in [0.25, 0.3) is 0 Å². The number of methoxy groups -OCH3 is 3. The highest BCUT2D eigenvalue weighted by atomic mass is 32.2. The van der Waals surface area contributed by atoms with Crippen molar-refractivity contribution < 1.29 is 32.2 Å². The van der Waals surface area contributed by atoms with Gasteiger partial charge in [0.2, 0.25) is 17.7 Å². The van der Waals surface area contributed by atoms with Gasteiger partial charge in [0.25, 0.3) is 16.0 Å². The number of carbonyl (C=O) groups is 2. The zero-order chi connectivity index (χ0) is 19.4. The Balaban J connectivity index is 3.60. The Morgan fingerprint density at radius 3 is 1.88 bits per heavy atom. The van der Waals surface area contributed by atoms with E-state index in [4.69, 9.17) is 9.47 Å². The van der Waals surface area contributed by atoms with Gasteiger partial charge in [0.1, 0.15) is 0 Å². The van der Waals surface area contributed by atoms with E-state index in [9.17, 15) is 18.0 Å². The van der Waals surface area contributed by atoms with E-state index in [1.54, 1.807) is 0 Å². The average Bonchev–Trinajstić information content (AvgIpc) is 2.52. The topological polar surface area (TPSA) is 125 Å². The highest BCUT2D eigenvalue weighted by molar-refractivity contribution is 7.94. The van der Waals surface area contributed by atoms with Gasteiger partial charge in [0.15, 0.2) is 5.25 Å². The van der Waals surface area contributed by atoms with Crippen molar-refractivity contribution in [2.75, 3.05) is 25.6 Å². The molecule has 0 fully saturated rings. The third kappa shape index (κ3) is 4.35. The number of sulfonamides is 1. The number of hydrogen-bond donors (Lipinski definition) is 0. The van der Waals surface area contributed by atoms with Gasteiger partial charge in [-0.25, -0.2) is 8.42 Å². The molecule has 25 heavy (non-hydrogen) atoms. The number of hydrogen-bond acceptors (Lipinski definition) is 9. The smallest absolute Gasteiger partial charge is 0.326 e. The van der Waals surface area contributed by atoms with E-state index in [0.29, 0.717) is 4.31 Å². The van der Waals surface area contributed by atoms with Crippen LogP contribution in [-0.2, 0) is 24.3 Å². The number of ether oxygens (including phenoxy) is 3. The minimum Gasteiger partial charge on any atom is -0.481 e. The molecule has 1 amide bonds. The summed E-state index contributed by atoms with van der Waals surface area (Å²) in [7, 11) is -0.819. The van der Waals surface area contributed by atoms with Crippen molar-refractivity contribution in [1.82, 2.24) is 9.97 Å². The number of nitrogens with zero attached hydrogens (tertiary/aromatic N) is 3. The van der Waals surface area contributed by atoms with Crippen LogP contribution in [-0.4, -0.2) is 56.8 Å². The summed E-state index contributed by atoms with van der Waals surface area (Å²) in [5, 5.41) is -1.61. The van der Waals surface area contributed by atoms with E-state index in [-0.39, 0.29) is 11.8 Å². The summed E-state index contributed by atoms with van der Waals surface area (Å²) in [6.45, 7) is 4.05. The minimum absolute atomic E-state index is 0.0116. The monoisotopic (exact) mass is 375 g/mol. The summed E-state index contributed by atoms with van der Waals surface area (Å²) in [5.74, 6) is -3.06. The van der Waals surface area contributed by atoms with E-state index < -0.39 is 39.0 Å². The summed E-state index contributed by atoms with van der Waals surface area (Å²) < 4.78 is 40.8. The first-order valence-corrected chi connectivity index (χ1v) is 8.70. The molecule has 0 saturated carbocycles. The SMILES string of the molecule is COC(=O)C(C(C)C)S(=O)(=O)N(C(C)=O)c1nc(OC)cc(OC)n1. The lowest BCUT2D eigenvalue weighted by Gasteiger charge is -2.26. The second kappa shape index (κ2) is 8.10. The first-order chi connectivity index (χ1) is 11.6. The van der Waals surface area contributed by atoms with Gasteiger partial charge in [0.05, 0.1) is 27.4 Å². The molecular weight excluding hydrogens is 354 g/mol. The molecule has 11 heteroatoms. The predicted octanol–water partition coefficient (Wildman–Crippen LogP) is 0.374. The van der Waals surface area contributed by atoms with Gasteiger partial charge in [-0.2, -0.15) is 14.3 Å². The fourth-order valence-corrected chi connectivity index (χ4v) is 4.02. The Labute approximate surface area is 146 Å². The lowest BCUT2D eigenvalue weighted by Crippen LogP contribution is -2.48. The molecule has 0 aliphatic carbocycles. The van der Waals surface area contributed by atoms with Crippen LogP contribution in [0.15, 0.2) is 6.07 Å². The minimum atomic E-state index is -4.50. The summed E-state index contributed by atoms with van der Waals surface area (Å²) in [4.78, 5) is 31.8. The van der Waals surface area contributed by atoms with Crippen LogP contribution in [0.1, 0.15) is 20.8 Å². The molecule has 0 aromatic carbocycles. The number of rotatable bonds is 7. The van der Waals surface area contributed by atoms with E-state index >= 15 is 0 Å². The van der Waals surface area contributed by atoms with Gasteiger partial charge in [-0.05, 0) is 5.92 Å². The Hall–Kier alpha value is -2.43. The Kier molecular flexibility index (Phi) is 6.68. The third-order valence-corrected chi connectivity index (χ3v) is 5.48. The number of carbonyl (C=O) groups excluding carboxylic acids is 2. The number of esters is 1. The molecule has 0 aliphatic rings. The van der Waals surface area contributed by atoms with Crippen LogP contribution >= 0.6 is 0 Å². The predicted molar refractivity (Wildman–Crippen MR) is 87.9 cm³/mol. The molecule has 1 unspecified atom stereocenters. The van der Waals surface area contributed by atoms with Gasteiger partial charge in [-0.15, -0.1) is 0 Å². The van der Waals surface area contributed by atoms with Gasteiger partial charge in [-0.1, -0.05) is 13.8 Å². The summed E-state index contributed by atoms with van der Waals surface area (Å²) in [5.41, 5.74) is 0. The Bertz CT molecular complexity index is 727. The van der Waals surface area contributed by atoms with E-state index in [2.05, 4.69) is 14.7 Å². The molecule has 10 nitrogen and oxygen atoms in total. The van der Waals surface area contributed by atoms with Gasteiger partial charge < -0.3 is 14.2 Å². The van der Waals surface area contributed by atoms with E-state index in [1.165, 1.54) is 34.1 Å². The third-order valence-electron chi connectivity index (χ3n) is 3.17. The number of aromatic nitrogens is 2. The van der Waals surface area contributed by atoms with Crippen LogP contribution < -0.4 is 13.8 Å². The van der Waals surface area contributed by atoms with E-state index in [0.717, 1.165) is 14.0 Å². The second-order valence-corrected chi connectivity index (χ2v) is 7.17. The maximum Gasteiger partial charge on any atom is 0.326 e. The maximum atomic E-state index is 13.0. The highest BCUT2D eigenvalue weighted by Crippen LogP contribution is 2.26. The van der Waals surface area contributed by atoms with Gasteiger partial charge in [0, 0.05) is 6.92 Å². The maximum absolute atomic E-state index is 13.0. The molecule has 140 valence electrons. The van der Waals surface area contributed by atoms with Crippen LogP contribution in [0, 0.1) is 5.92 Å². The molecule has 0 saturated heterocycles. The quantitative estimate of drug-likeness (QED) is 0.621. The van der Waals surface area contributed by atoms with Crippen molar-refractivity contribution in [2.24, 2.45) is 5.92 Å². The first-order valence-electron chi connectivity index (χ1n) is 7.19. The van der Waals surface area contributed by atoms with Crippen molar-refractivity contribution in [3.63, 3.8) is 0 Å². The number of anilines is 1. The molecule has 0 N–H and O–H groups in total. The molecule has 1 aromatic heterocycles. The average molecular weight is 375 g/mol. The zero-order valence-electron chi connectivity index (χ0n) is 14.8. The summed E-state index contributed by atoms with van der Waals surface area (Å²) in [6.07, 6.45) is 0. The van der Waals surface area contributed by atoms with Crippen LogP contribution in [0.3, 0.4) is 0 Å². The molecule has 1 rings (SSSR count). The largest absolute Gasteiger partial charge is 0.481 e. The fourth-order valence-electron chi connectivity index (χ4n) is 2.09. The molecule has 0 bridgehead atoms. The van der Waals surface area contributed by atoms with Crippen LogP contribution in [0.2, 0.25) is 0 Å². The van der Waals surface area contributed by atoms with Crippen molar-refractivity contribution in [1.29, 1.82) is 0 Å². The van der Waals surface area contributed by atoms with Gasteiger partial charge in [-0.3, -0.25) is 9.59 Å². The lowest BCUT2D eigenvalue weighted by atomic mass is 10.1. The zero-order valence-corrected chi connectivity index (χ0v) is 15.7. The fraction of sp³-hybridized carbons (Fsp3) is 0.571. The van der Waals surface area contributed by atoms with Crippen molar-refractivity contribution in [3.8, 4) is 11.8 Å². The van der Waals surface area contributed by atoms with Crippen molar-refractivity contribution in [2.45, 2.75) is 26.0 Å². The number of amides is 1.